The first-order valence-electron chi connectivity index (χ1n) is 3.63. The van der Waals surface area contributed by atoms with Crippen LogP contribution < -0.4 is 4.89 Å². The predicted molar refractivity (Wildman–Crippen MR) is 48.9 cm³/mol. The van der Waals surface area contributed by atoms with Gasteiger partial charge in [0.25, 0.3) is 10.0 Å². The molecule has 2 N–H and O–H groups in total. The molecule has 15 heavy (non-hydrogen) atoms. The first kappa shape index (κ1) is 10.3. The number of hydrogen-bond acceptors (Lipinski definition) is 6. The Morgan fingerprint density at radius 2 is 2.13 bits per heavy atom. The van der Waals surface area contributed by atoms with Crippen molar-refractivity contribution in [3.63, 3.8) is 0 Å². The number of aromatic nitrogens is 2. The molecule has 1 heterocycles. The number of nitrogens with one attached hydrogen (secondary N) is 1. The van der Waals surface area contributed by atoms with E-state index in [1.807, 2.05) is 0 Å². The van der Waals surface area contributed by atoms with Crippen molar-refractivity contribution >= 4 is 32.7 Å². The van der Waals surface area contributed by atoms with E-state index in [1.54, 1.807) is 0 Å². The topological polar surface area (TPSA) is 105 Å². The van der Waals surface area contributed by atoms with Gasteiger partial charge in [-0.15, -0.1) is 0 Å². The van der Waals surface area contributed by atoms with Gasteiger partial charge >= 0.3 is 0 Å². The van der Waals surface area contributed by atoms with E-state index in [0.717, 1.165) is 4.89 Å². The smallest absolute Gasteiger partial charge is 0.266 e. The summed E-state index contributed by atoms with van der Waals surface area (Å²) < 4.78 is 27.1. The van der Waals surface area contributed by atoms with Crippen molar-refractivity contribution in [3.8, 4) is 0 Å². The van der Waals surface area contributed by atoms with Crippen LogP contribution in [0.3, 0.4) is 0 Å². The van der Waals surface area contributed by atoms with Gasteiger partial charge in [-0.25, -0.2) is 13.0 Å². The van der Waals surface area contributed by atoms with Gasteiger partial charge in [-0.05, 0) is 22.4 Å². The van der Waals surface area contributed by atoms with Gasteiger partial charge in [0.1, 0.15) is 10.4 Å². The van der Waals surface area contributed by atoms with Crippen molar-refractivity contribution < 1.29 is 18.3 Å². The van der Waals surface area contributed by atoms with Crippen LogP contribution in [-0.2, 0) is 10.0 Å². The normalized spacial score (nSPS) is 12.1. The average Bonchev–Trinajstić information content (AvgIpc) is 2.64. The molecular formula is C6H4ClN3O4S. The second kappa shape index (κ2) is 3.42. The lowest BCUT2D eigenvalue weighted by Crippen LogP contribution is -2.20. The Morgan fingerprint density at radius 1 is 1.40 bits per heavy atom. The van der Waals surface area contributed by atoms with E-state index >= 15 is 0 Å². The maximum Gasteiger partial charge on any atom is 0.266 e. The van der Waals surface area contributed by atoms with Gasteiger partial charge in [0, 0.05) is 0 Å². The third kappa shape index (κ3) is 1.57. The number of halogens is 1. The number of benzene rings is 1. The Bertz CT molecular complexity index is 608. The maximum absolute atomic E-state index is 11.4. The molecule has 0 amide bonds. The molecule has 0 aliphatic heterocycles. The average molecular weight is 250 g/mol. The minimum absolute atomic E-state index is 0.0379. The Hall–Kier alpha value is -1.22. The van der Waals surface area contributed by atoms with E-state index < -0.39 is 10.0 Å². The lowest BCUT2D eigenvalue weighted by Gasteiger charge is -2.02. The number of rotatable bonds is 2. The van der Waals surface area contributed by atoms with Crippen LogP contribution in [0.2, 0.25) is 5.02 Å². The van der Waals surface area contributed by atoms with E-state index in [9.17, 15) is 8.42 Å². The molecule has 0 bridgehead atoms. The first-order chi connectivity index (χ1) is 7.06. The minimum Gasteiger partial charge on any atom is -0.302 e. The van der Waals surface area contributed by atoms with Crippen molar-refractivity contribution in [2.45, 2.75) is 4.90 Å². The quantitative estimate of drug-likeness (QED) is 0.753. The van der Waals surface area contributed by atoms with Gasteiger partial charge in [0.05, 0.1) is 5.02 Å². The van der Waals surface area contributed by atoms with Crippen molar-refractivity contribution in [1.82, 2.24) is 15.2 Å². The van der Waals surface area contributed by atoms with Gasteiger partial charge in [0.2, 0.25) is 0 Å². The van der Waals surface area contributed by atoms with E-state index in [1.165, 1.54) is 12.1 Å². The molecule has 2 rings (SSSR count). The molecule has 0 spiro atoms. The third-order valence-electron chi connectivity index (χ3n) is 1.72. The summed E-state index contributed by atoms with van der Waals surface area (Å²) in [5.41, 5.74) is 0.192. The molecule has 1 aromatic carbocycles. The Kier molecular flexibility index (Phi) is 2.35. The summed E-state index contributed by atoms with van der Waals surface area (Å²) in [6, 6.07) is 2.77. The Labute approximate surface area is 88.6 Å². The lowest BCUT2D eigenvalue weighted by atomic mass is 10.3. The highest BCUT2D eigenvalue weighted by Crippen LogP contribution is 2.27. The van der Waals surface area contributed by atoms with Gasteiger partial charge in [0.15, 0.2) is 5.52 Å². The molecule has 1 aromatic heterocycles. The van der Waals surface area contributed by atoms with Gasteiger partial charge in [-0.2, -0.15) is 0 Å². The number of hydrogen-bond donors (Lipinski definition) is 2. The molecule has 0 fully saturated rings. The Balaban J connectivity index is 2.89. The molecule has 0 saturated carbocycles. The molecule has 0 atom stereocenters. The molecule has 0 aliphatic carbocycles. The van der Waals surface area contributed by atoms with Crippen molar-refractivity contribution in [3.05, 3.63) is 17.2 Å². The number of nitrogens with zero attached hydrogens (tertiary/aromatic N) is 2. The minimum atomic E-state index is -4.11. The molecule has 2 aromatic rings. The van der Waals surface area contributed by atoms with Crippen LogP contribution in [0.25, 0.3) is 11.0 Å². The Morgan fingerprint density at radius 3 is 2.80 bits per heavy atom. The molecule has 0 unspecified atom stereocenters. The molecule has 80 valence electrons. The maximum atomic E-state index is 11.4. The zero-order valence-corrected chi connectivity index (χ0v) is 8.58. The number of fused-ring (bicyclic) bond motifs is 1. The summed E-state index contributed by atoms with van der Waals surface area (Å²) in [6.07, 6.45) is 0. The van der Waals surface area contributed by atoms with Gasteiger partial charge in [-0.3, -0.25) is 0 Å². The number of sulfonamides is 1. The zero-order valence-electron chi connectivity index (χ0n) is 7.01. The zero-order chi connectivity index (χ0) is 11.1. The summed E-state index contributed by atoms with van der Waals surface area (Å²) >= 11 is 5.68. The van der Waals surface area contributed by atoms with Crippen molar-refractivity contribution in [2.75, 3.05) is 0 Å². The lowest BCUT2D eigenvalue weighted by molar-refractivity contribution is 0.242. The standard InChI is InChI=1S/C6H4ClN3O4S/c7-3-1-2-4-5(9-14-8-4)6(3)15(12,13)10-11/h1-2,10-11H. The fourth-order valence-electron chi connectivity index (χ4n) is 1.10. The summed E-state index contributed by atoms with van der Waals surface area (Å²) in [4.78, 5) is 0.789. The highest BCUT2D eigenvalue weighted by atomic mass is 35.5. The molecular weight excluding hydrogens is 246 g/mol. The summed E-state index contributed by atoms with van der Waals surface area (Å²) in [5.74, 6) is 0. The van der Waals surface area contributed by atoms with E-state index in [0.29, 0.717) is 0 Å². The van der Waals surface area contributed by atoms with Crippen molar-refractivity contribution in [1.29, 1.82) is 0 Å². The van der Waals surface area contributed by atoms with E-state index in [2.05, 4.69) is 14.9 Å². The monoisotopic (exact) mass is 249 g/mol. The highest BCUT2D eigenvalue weighted by Gasteiger charge is 2.23. The fourth-order valence-corrected chi connectivity index (χ4v) is 2.37. The molecule has 0 saturated heterocycles. The second-order valence-corrected chi connectivity index (χ2v) is 4.61. The van der Waals surface area contributed by atoms with Crippen LogP contribution in [0.1, 0.15) is 0 Å². The summed E-state index contributed by atoms with van der Waals surface area (Å²) in [6.45, 7) is 0. The summed E-state index contributed by atoms with van der Waals surface area (Å²) in [7, 11) is -4.11. The SMILES string of the molecule is O=S(=O)(NO)c1c(Cl)ccc2nonc12. The highest BCUT2D eigenvalue weighted by molar-refractivity contribution is 7.89. The van der Waals surface area contributed by atoms with Crippen LogP contribution in [-0.4, -0.2) is 23.9 Å². The van der Waals surface area contributed by atoms with Crippen LogP contribution >= 0.6 is 11.6 Å². The molecule has 0 radical (unpaired) electrons. The summed E-state index contributed by atoms with van der Waals surface area (Å²) in [5, 5.41) is 15.3. The van der Waals surface area contributed by atoms with Crippen LogP contribution in [0.15, 0.2) is 21.7 Å². The molecule has 0 aliphatic rings. The van der Waals surface area contributed by atoms with E-state index in [4.69, 9.17) is 16.8 Å². The first-order valence-corrected chi connectivity index (χ1v) is 5.49. The van der Waals surface area contributed by atoms with Gasteiger partial charge in [-0.1, -0.05) is 16.5 Å². The molecule has 7 nitrogen and oxygen atoms in total. The van der Waals surface area contributed by atoms with Crippen LogP contribution in [0.5, 0.6) is 0 Å². The van der Waals surface area contributed by atoms with E-state index in [-0.39, 0.29) is 21.0 Å². The van der Waals surface area contributed by atoms with Crippen molar-refractivity contribution in [2.24, 2.45) is 0 Å². The van der Waals surface area contributed by atoms with Gasteiger partial charge < -0.3 is 5.21 Å². The second-order valence-electron chi connectivity index (χ2n) is 2.60. The largest absolute Gasteiger partial charge is 0.302 e. The molecule has 9 heteroatoms. The van der Waals surface area contributed by atoms with Crippen LogP contribution in [0, 0.1) is 0 Å². The fraction of sp³-hybridized carbons (Fsp3) is 0. The third-order valence-corrected chi connectivity index (χ3v) is 3.34. The predicted octanol–water partition coefficient (Wildman–Crippen LogP) is 0.544. The van der Waals surface area contributed by atoms with Crippen LogP contribution in [0.4, 0.5) is 0 Å².